The molecule has 2 aliphatic heterocycles. The minimum Gasteiger partial charge on any atom is -0.388 e. The molecule has 98 valence electrons. The van der Waals surface area contributed by atoms with E-state index in [1.54, 1.807) is 11.8 Å². The van der Waals surface area contributed by atoms with Crippen LogP contribution >= 0.6 is 11.8 Å². The predicted octanol–water partition coefficient (Wildman–Crippen LogP) is -0.651. The number of thioether (sulfide) groups is 1. The quantitative estimate of drug-likeness (QED) is 0.629. The molecule has 6 heteroatoms. The van der Waals surface area contributed by atoms with E-state index in [2.05, 4.69) is 10.6 Å². The topological polar surface area (TPSA) is 70.6 Å². The molecule has 2 heterocycles. The summed E-state index contributed by atoms with van der Waals surface area (Å²) in [6.07, 6.45) is 1.19. The third kappa shape index (κ3) is 3.84. The fourth-order valence-electron chi connectivity index (χ4n) is 2.04. The molecule has 0 aromatic heterocycles. The first-order chi connectivity index (χ1) is 8.20. The summed E-state index contributed by atoms with van der Waals surface area (Å²) in [5.74, 6) is 1.87. The standard InChI is InChI=1S/C11H20N2O3S/c14-10(9-7-17-6-3-12-9)13-8-11(15)1-4-16-5-2-11/h9,12,15H,1-8H2,(H,13,14). The zero-order valence-corrected chi connectivity index (χ0v) is 10.7. The monoisotopic (exact) mass is 260 g/mol. The molecule has 0 saturated carbocycles. The van der Waals surface area contributed by atoms with Crippen LogP contribution in [0.4, 0.5) is 0 Å². The van der Waals surface area contributed by atoms with Crippen molar-refractivity contribution in [1.82, 2.24) is 10.6 Å². The van der Waals surface area contributed by atoms with Gasteiger partial charge in [0.1, 0.15) is 0 Å². The van der Waals surface area contributed by atoms with Gasteiger partial charge in [-0.25, -0.2) is 0 Å². The molecule has 5 nitrogen and oxygen atoms in total. The average molecular weight is 260 g/mol. The van der Waals surface area contributed by atoms with E-state index in [9.17, 15) is 9.90 Å². The van der Waals surface area contributed by atoms with E-state index in [4.69, 9.17) is 4.74 Å². The zero-order valence-electron chi connectivity index (χ0n) is 9.91. The molecule has 0 aromatic carbocycles. The van der Waals surface area contributed by atoms with Gasteiger partial charge in [-0.15, -0.1) is 0 Å². The van der Waals surface area contributed by atoms with Gasteiger partial charge in [-0.3, -0.25) is 4.79 Å². The molecule has 1 atom stereocenters. The van der Waals surface area contributed by atoms with Crippen molar-refractivity contribution in [2.45, 2.75) is 24.5 Å². The summed E-state index contributed by atoms with van der Waals surface area (Å²) in [6, 6.07) is -0.114. The number of nitrogens with one attached hydrogen (secondary N) is 2. The van der Waals surface area contributed by atoms with Gasteiger partial charge in [-0.05, 0) is 0 Å². The average Bonchev–Trinajstić information content (AvgIpc) is 2.38. The second kappa shape index (κ2) is 6.04. The Morgan fingerprint density at radius 2 is 2.29 bits per heavy atom. The zero-order chi connectivity index (χ0) is 12.1. The first-order valence-corrected chi connectivity index (χ1v) is 7.24. The minimum atomic E-state index is -0.782. The van der Waals surface area contributed by atoms with Crippen LogP contribution in [-0.2, 0) is 9.53 Å². The maximum absolute atomic E-state index is 11.9. The summed E-state index contributed by atoms with van der Waals surface area (Å²) in [4.78, 5) is 11.9. The number of rotatable bonds is 3. The van der Waals surface area contributed by atoms with Gasteiger partial charge in [0, 0.05) is 50.7 Å². The highest BCUT2D eigenvalue weighted by Gasteiger charge is 2.31. The van der Waals surface area contributed by atoms with Crippen LogP contribution in [0.25, 0.3) is 0 Å². The van der Waals surface area contributed by atoms with Crippen molar-refractivity contribution in [3.8, 4) is 0 Å². The second-order valence-corrected chi connectivity index (χ2v) is 5.79. The molecular formula is C11H20N2O3S. The van der Waals surface area contributed by atoms with Gasteiger partial charge in [-0.2, -0.15) is 11.8 Å². The predicted molar refractivity (Wildman–Crippen MR) is 67.1 cm³/mol. The summed E-state index contributed by atoms with van der Waals surface area (Å²) in [5, 5.41) is 16.2. The lowest BCUT2D eigenvalue weighted by atomic mass is 9.94. The Bertz CT molecular complexity index is 263. The fourth-order valence-corrected chi connectivity index (χ4v) is 2.97. The smallest absolute Gasteiger partial charge is 0.238 e. The number of ether oxygens (including phenoxy) is 1. The van der Waals surface area contributed by atoms with Crippen LogP contribution < -0.4 is 10.6 Å². The summed E-state index contributed by atoms with van der Waals surface area (Å²) >= 11 is 1.79. The molecular weight excluding hydrogens is 240 g/mol. The minimum absolute atomic E-state index is 0.00267. The molecule has 2 aliphatic rings. The molecule has 0 spiro atoms. The molecule has 17 heavy (non-hydrogen) atoms. The Hall–Kier alpha value is -0.300. The third-order valence-corrected chi connectivity index (χ3v) is 4.32. The highest BCUT2D eigenvalue weighted by molar-refractivity contribution is 7.99. The van der Waals surface area contributed by atoms with E-state index in [-0.39, 0.29) is 11.9 Å². The van der Waals surface area contributed by atoms with Crippen LogP contribution in [-0.4, -0.2) is 60.5 Å². The van der Waals surface area contributed by atoms with E-state index in [0.717, 1.165) is 18.1 Å². The first kappa shape index (κ1) is 13.1. The van der Waals surface area contributed by atoms with Crippen LogP contribution in [0.15, 0.2) is 0 Å². The number of hydrogen-bond acceptors (Lipinski definition) is 5. The van der Waals surface area contributed by atoms with Crippen LogP contribution in [0.2, 0.25) is 0 Å². The number of carbonyl (C=O) groups is 1. The lowest BCUT2D eigenvalue weighted by Crippen LogP contribution is -2.53. The SMILES string of the molecule is O=C(NCC1(O)CCOCC1)C1CSCCN1. The van der Waals surface area contributed by atoms with Gasteiger partial charge in [0.05, 0.1) is 11.6 Å². The maximum Gasteiger partial charge on any atom is 0.238 e. The Balaban J connectivity index is 1.74. The Kier molecular flexibility index (Phi) is 4.67. The Labute approximate surface area is 106 Å². The number of amides is 1. The molecule has 1 unspecified atom stereocenters. The van der Waals surface area contributed by atoms with Gasteiger partial charge >= 0.3 is 0 Å². The van der Waals surface area contributed by atoms with E-state index < -0.39 is 5.60 Å². The van der Waals surface area contributed by atoms with Crippen molar-refractivity contribution in [3.63, 3.8) is 0 Å². The Morgan fingerprint density at radius 1 is 1.53 bits per heavy atom. The van der Waals surface area contributed by atoms with Crippen molar-refractivity contribution in [2.75, 3.05) is 37.8 Å². The number of hydrogen-bond donors (Lipinski definition) is 3. The molecule has 2 rings (SSSR count). The van der Waals surface area contributed by atoms with Crippen molar-refractivity contribution in [3.05, 3.63) is 0 Å². The molecule has 0 aromatic rings. The molecule has 0 aliphatic carbocycles. The largest absolute Gasteiger partial charge is 0.388 e. The molecule has 3 N–H and O–H groups in total. The number of carbonyl (C=O) groups excluding carboxylic acids is 1. The van der Waals surface area contributed by atoms with Crippen molar-refractivity contribution in [2.24, 2.45) is 0 Å². The van der Waals surface area contributed by atoms with Crippen LogP contribution in [0.5, 0.6) is 0 Å². The molecule has 2 saturated heterocycles. The van der Waals surface area contributed by atoms with Crippen molar-refractivity contribution >= 4 is 17.7 Å². The lowest BCUT2D eigenvalue weighted by molar-refractivity contribution is -0.125. The van der Waals surface area contributed by atoms with Crippen LogP contribution in [0.1, 0.15) is 12.8 Å². The maximum atomic E-state index is 11.9. The second-order valence-electron chi connectivity index (χ2n) is 4.64. The van der Waals surface area contributed by atoms with Gasteiger partial charge in [0.25, 0.3) is 0 Å². The molecule has 1 amide bonds. The third-order valence-electron chi connectivity index (χ3n) is 3.25. The molecule has 0 radical (unpaired) electrons. The summed E-state index contributed by atoms with van der Waals surface area (Å²) in [7, 11) is 0. The van der Waals surface area contributed by atoms with E-state index in [0.29, 0.717) is 32.6 Å². The van der Waals surface area contributed by atoms with Crippen LogP contribution in [0.3, 0.4) is 0 Å². The number of aliphatic hydroxyl groups is 1. The van der Waals surface area contributed by atoms with Gasteiger partial charge < -0.3 is 20.5 Å². The summed E-state index contributed by atoms with van der Waals surface area (Å²) < 4.78 is 5.20. The van der Waals surface area contributed by atoms with Crippen LogP contribution in [0, 0.1) is 0 Å². The fraction of sp³-hybridized carbons (Fsp3) is 0.909. The van der Waals surface area contributed by atoms with Crippen molar-refractivity contribution in [1.29, 1.82) is 0 Å². The Morgan fingerprint density at radius 3 is 2.94 bits per heavy atom. The molecule has 2 fully saturated rings. The lowest BCUT2D eigenvalue weighted by Gasteiger charge is -2.33. The molecule has 0 bridgehead atoms. The van der Waals surface area contributed by atoms with Gasteiger partial charge in [-0.1, -0.05) is 0 Å². The van der Waals surface area contributed by atoms with Gasteiger partial charge in [0.2, 0.25) is 5.91 Å². The highest BCUT2D eigenvalue weighted by Crippen LogP contribution is 2.19. The van der Waals surface area contributed by atoms with E-state index in [1.165, 1.54) is 0 Å². The summed E-state index contributed by atoms with van der Waals surface area (Å²) in [5.41, 5.74) is -0.782. The normalized spacial score (nSPS) is 28.6. The van der Waals surface area contributed by atoms with E-state index in [1.807, 2.05) is 0 Å². The highest BCUT2D eigenvalue weighted by atomic mass is 32.2. The van der Waals surface area contributed by atoms with Crippen molar-refractivity contribution < 1.29 is 14.6 Å². The van der Waals surface area contributed by atoms with E-state index >= 15 is 0 Å². The summed E-state index contributed by atoms with van der Waals surface area (Å²) in [6.45, 7) is 2.35. The first-order valence-electron chi connectivity index (χ1n) is 6.09. The van der Waals surface area contributed by atoms with Gasteiger partial charge in [0.15, 0.2) is 0 Å².